The van der Waals surface area contributed by atoms with Crippen molar-refractivity contribution < 1.29 is 49.1 Å². The molecule has 0 amide bonds. The summed E-state index contributed by atoms with van der Waals surface area (Å²) in [6, 6.07) is 0. The SMILES string of the molecule is Cc1cn([C@H]2C[C@H](O)[C@@H](COP(=O)(O)O)O2)c(=O)[nH]c1=O.OCC(CO)(CO)CO. The second-order valence-corrected chi connectivity index (χ2v) is 8.07. The quantitative estimate of drug-likeness (QED) is 0.178. The fourth-order valence-corrected chi connectivity index (χ4v) is 2.65. The molecule has 1 aromatic heterocycles. The summed E-state index contributed by atoms with van der Waals surface area (Å²) in [4.78, 5) is 42.3. The number of aliphatic hydroxyl groups excluding tert-OH is 5. The van der Waals surface area contributed by atoms with Crippen molar-refractivity contribution in [1.82, 2.24) is 9.55 Å². The van der Waals surface area contributed by atoms with Crippen LogP contribution < -0.4 is 11.2 Å². The summed E-state index contributed by atoms with van der Waals surface area (Å²) in [7, 11) is -4.67. The van der Waals surface area contributed by atoms with E-state index in [9.17, 15) is 19.3 Å². The Labute approximate surface area is 170 Å². The van der Waals surface area contributed by atoms with E-state index in [2.05, 4.69) is 9.51 Å². The van der Waals surface area contributed by atoms with Crippen molar-refractivity contribution >= 4 is 7.82 Å². The molecule has 1 aliphatic rings. The largest absolute Gasteiger partial charge is 0.469 e. The lowest BCUT2D eigenvalue weighted by atomic mass is 9.93. The Morgan fingerprint density at radius 1 is 1.20 bits per heavy atom. The van der Waals surface area contributed by atoms with E-state index in [0.717, 1.165) is 4.57 Å². The lowest BCUT2D eigenvalue weighted by molar-refractivity contribution is -0.0451. The Bertz CT molecular complexity index is 812. The van der Waals surface area contributed by atoms with Crippen molar-refractivity contribution in [2.75, 3.05) is 33.0 Å². The molecule has 1 aliphatic heterocycles. The minimum Gasteiger partial charge on any atom is -0.396 e. The highest BCUT2D eigenvalue weighted by molar-refractivity contribution is 7.46. The van der Waals surface area contributed by atoms with E-state index >= 15 is 0 Å². The number of hydrogen-bond acceptors (Lipinski definition) is 10. The van der Waals surface area contributed by atoms with Crippen LogP contribution >= 0.6 is 7.82 Å². The normalized spacial score (nSPS) is 21.9. The Kier molecular flexibility index (Phi) is 9.97. The zero-order valence-electron chi connectivity index (χ0n) is 16.1. The summed E-state index contributed by atoms with van der Waals surface area (Å²) in [6.45, 7) is -0.631. The van der Waals surface area contributed by atoms with Gasteiger partial charge in [-0.3, -0.25) is 18.9 Å². The van der Waals surface area contributed by atoms with Gasteiger partial charge < -0.3 is 40.1 Å². The number of phosphoric ester groups is 1. The molecule has 1 saturated heterocycles. The Balaban J connectivity index is 0.000000424. The molecule has 1 aromatic rings. The lowest BCUT2D eigenvalue weighted by Crippen LogP contribution is -2.37. The van der Waals surface area contributed by atoms with E-state index in [1.807, 2.05) is 0 Å². The lowest BCUT2D eigenvalue weighted by Gasteiger charge is -2.23. The molecule has 0 unspecified atom stereocenters. The van der Waals surface area contributed by atoms with E-state index in [1.165, 1.54) is 13.1 Å². The van der Waals surface area contributed by atoms with Crippen LogP contribution in [0.1, 0.15) is 18.2 Å². The molecule has 15 heteroatoms. The highest BCUT2D eigenvalue weighted by Crippen LogP contribution is 2.38. The van der Waals surface area contributed by atoms with Crippen molar-refractivity contribution in [2.45, 2.75) is 31.8 Å². The number of phosphoric acid groups is 1. The molecule has 8 N–H and O–H groups in total. The summed E-state index contributed by atoms with van der Waals surface area (Å²) in [5, 5.41) is 43.8. The van der Waals surface area contributed by atoms with E-state index in [1.54, 1.807) is 0 Å². The van der Waals surface area contributed by atoms with Gasteiger partial charge in [0.2, 0.25) is 0 Å². The van der Waals surface area contributed by atoms with Gasteiger partial charge in [-0.25, -0.2) is 9.36 Å². The Morgan fingerprint density at radius 3 is 2.17 bits per heavy atom. The number of H-pyrrole nitrogens is 1. The van der Waals surface area contributed by atoms with E-state index in [4.69, 9.17) is 34.9 Å². The van der Waals surface area contributed by atoms with Gasteiger partial charge in [0.25, 0.3) is 5.56 Å². The second-order valence-electron chi connectivity index (χ2n) is 6.83. The fraction of sp³-hybridized carbons (Fsp3) is 0.733. The summed E-state index contributed by atoms with van der Waals surface area (Å²) >= 11 is 0. The van der Waals surface area contributed by atoms with Crippen molar-refractivity contribution in [2.24, 2.45) is 5.41 Å². The molecule has 0 radical (unpaired) electrons. The van der Waals surface area contributed by atoms with Gasteiger partial charge in [-0.2, -0.15) is 0 Å². The molecule has 0 aromatic carbocycles. The molecule has 174 valence electrons. The molecular formula is C15H27N2O12P. The zero-order chi connectivity index (χ0) is 23.1. The predicted octanol–water partition coefficient (Wildman–Crippen LogP) is -3.46. The first-order valence-electron chi connectivity index (χ1n) is 8.71. The second kappa shape index (κ2) is 11.2. The molecule has 0 aliphatic carbocycles. The third-order valence-electron chi connectivity index (χ3n) is 4.41. The highest BCUT2D eigenvalue weighted by Gasteiger charge is 2.37. The van der Waals surface area contributed by atoms with Crippen molar-refractivity contribution in [1.29, 1.82) is 0 Å². The van der Waals surface area contributed by atoms with Crippen molar-refractivity contribution in [3.63, 3.8) is 0 Å². The first-order chi connectivity index (χ1) is 13.9. The number of aromatic amines is 1. The van der Waals surface area contributed by atoms with Gasteiger partial charge in [0.1, 0.15) is 12.3 Å². The van der Waals surface area contributed by atoms with Crippen molar-refractivity contribution in [3.8, 4) is 0 Å². The smallest absolute Gasteiger partial charge is 0.396 e. The van der Waals surface area contributed by atoms with Gasteiger partial charge in [-0.15, -0.1) is 0 Å². The standard InChI is InChI=1S/C10H15N2O8P.C5H12O4/c1-5-3-12(10(15)11-9(5)14)8-2-6(13)7(20-8)4-19-21(16,17)18;6-1-5(2-7,3-8)4-9/h3,6-8,13H,2,4H2,1H3,(H,11,14,15)(H2,16,17,18);6-9H,1-4H2/t6-,7+,8+;/m0./s1. The minimum absolute atomic E-state index is 0.0283. The van der Waals surface area contributed by atoms with Crippen LogP contribution in [0.15, 0.2) is 15.8 Å². The Morgan fingerprint density at radius 2 is 1.73 bits per heavy atom. The maximum atomic E-state index is 11.7. The van der Waals surface area contributed by atoms with E-state index < -0.39 is 76.0 Å². The summed E-state index contributed by atoms with van der Waals surface area (Å²) < 4.78 is 21.4. The molecule has 14 nitrogen and oxygen atoms in total. The van der Waals surface area contributed by atoms with Crippen LogP contribution in [0, 0.1) is 12.3 Å². The predicted molar refractivity (Wildman–Crippen MR) is 99.4 cm³/mol. The third kappa shape index (κ3) is 7.35. The number of nitrogens with one attached hydrogen (secondary N) is 1. The van der Waals surface area contributed by atoms with E-state index in [-0.39, 0.29) is 6.42 Å². The molecule has 2 rings (SSSR count). The first kappa shape index (κ1) is 26.6. The number of hydrogen-bond donors (Lipinski definition) is 8. The van der Waals surface area contributed by atoms with Gasteiger partial charge in [-0.05, 0) is 6.92 Å². The summed E-state index contributed by atoms with van der Waals surface area (Å²) in [6.07, 6.45) is -1.57. The van der Waals surface area contributed by atoms with Crippen molar-refractivity contribution in [3.05, 3.63) is 32.6 Å². The minimum atomic E-state index is -4.67. The van der Waals surface area contributed by atoms with Crippen LogP contribution in [0.3, 0.4) is 0 Å². The number of aliphatic hydroxyl groups is 5. The maximum Gasteiger partial charge on any atom is 0.469 e. The van der Waals surface area contributed by atoms with E-state index in [0.29, 0.717) is 5.56 Å². The average molecular weight is 458 g/mol. The summed E-state index contributed by atoms with van der Waals surface area (Å²) in [5.41, 5.74) is -2.03. The molecule has 0 spiro atoms. The molecular weight excluding hydrogens is 431 g/mol. The maximum absolute atomic E-state index is 11.7. The van der Waals surface area contributed by atoms with Gasteiger partial charge >= 0.3 is 13.5 Å². The van der Waals surface area contributed by atoms with Crippen LogP contribution in [0.2, 0.25) is 0 Å². The highest BCUT2D eigenvalue weighted by atomic mass is 31.2. The molecule has 1 fully saturated rings. The van der Waals surface area contributed by atoms with Crippen LogP contribution in [0.5, 0.6) is 0 Å². The molecule has 3 atom stereocenters. The first-order valence-corrected chi connectivity index (χ1v) is 10.2. The van der Waals surface area contributed by atoms with Crippen LogP contribution in [-0.2, 0) is 13.8 Å². The van der Waals surface area contributed by atoms with Gasteiger partial charge in [0.05, 0.1) is 44.6 Å². The summed E-state index contributed by atoms with van der Waals surface area (Å²) in [5.74, 6) is 0. The average Bonchev–Trinajstić information content (AvgIpc) is 3.06. The molecule has 0 saturated carbocycles. The monoisotopic (exact) mass is 458 g/mol. The number of nitrogens with zero attached hydrogens (tertiary/aromatic N) is 1. The third-order valence-corrected chi connectivity index (χ3v) is 4.89. The zero-order valence-corrected chi connectivity index (χ0v) is 17.0. The van der Waals surface area contributed by atoms with Crippen LogP contribution in [0.25, 0.3) is 0 Å². The fourth-order valence-electron chi connectivity index (χ4n) is 2.31. The van der Waals surface area contributed by atoms with Gasteiger partial charge in [-0.1, -0.05) is 0 Å². The Hall–Kier alpha value is -1.45. The number of aromatic nitrogens is 2. The topological polar surface area (TPSA) is 232 Å². The molecule has 30 heavy (non-hydrogen) atoms. The van der Waals surface area contributed by atoms with Crippen LogP contribution in [-0.4, -0.2) is 90.1 Å². The van der Waals surface area contributed by atoms with Gasteiger partial charge in [0.15, 0.2) is 0 Å². The number of ether oxygens (including phenoxy) is 1. The molecule has 0 bridgehead atoms. The molecule has 2 heterocycles. The van der Waals surface area contributed by atoms with Gasteiger partial charge in [0, 0.05) is 18.2 Å². The number of rotatable bonds is 8. The van der Waals surface area contributed by atoms with Crippen LogP contribution in [0.4, 0.5) is 0 Å². The number of aryl methyl sites for hydroxylation is 1.